The van der Waals surface area contributed by atoms with Gasteiger partial charge in [-0.15, -0.1) is 11.3 Å². The molecule has 0 saturated carbocycles. The van der Waals surface area contributed by atoms with Gasteiger partial charge in [0.2, 0.25) is 0 Å². The zero-order valence-electron chi connectivity index (χ0n) is 10.2. The molecule has 0 bridgehead atoms. The largest absolute Gasteiger partial charge is 0.465 e. The minimum atomic E-state index is -0.363. The third-order valence-electron chi connectivity index (χ3n) is 2.83. The number of aromatic nitrogens is 2. The van der Waals surface area contributed by atoms with Crippen LogP contribution in [0.25, 0.3) is 20.3 Å². The fraction of sp³-hybridized carbons (Fsp3) is 0.154. The highest BCUT2D eigenvalue weighted by atomic mass is 35.5. The van der Waals surface area contributed by atoms with Gasteiger partial charge in [0.05, 0.1) is 22.8 Å². The number of halogens is 1. The lowest BCUT2D eigenvalue weighted by Gasteiger charge is -2.00. The molecule has 0 amide bonds. The lowest BCUT2D eigenvalue weighted by atomic mass is 10.1. The standard InChI is InChI=1S/C13H9ClN2O2S/c1-6-15-11(14)9-7-4-3-5-8(13(17)18-2)10(7)19-12(9)16-6/h3-5H,1-2H3. The number of aryl methyl sites for hydroxylation is 1. The second kappa shape index (κ2) is 4.43. The molecular weight excluding hydrogens is 284 g/mol. The molecule has 3 aromatic rings. The van der Waals surface area contributed by atoms with Crippen molar-refractivity contribution < 1.29 is 9.53 Å². The highest BCUT2D eigenvalue weighted by molar-refractivity contribution is 7.25. The van der Waals surface area contributed by atoms with Gasteiger partial charge in [0.25, 0.3) is 0 Å². The lowest BCUT2D eigenvalue weighted by Crippen LogP contribution is -2.00. The molecule has 0 atom stereocenters. The Bertz CT molecular complexity index is 813. The molecule has 4 nitrogen and oxygen atoms in total. The number of fused-ring (bicyclic) bond motifs is 3. The summed E-state index contributed by atoms with van der Waals surface area (Å²) in [6, 6.07) is 5.44. The van der Waals surface area contributed by atoms with Crippen molar-refractivity contribution in [3.63, 3.8) is 0 Å². The second-order valence-corrected chi connectivity index (χ2v) is 5.37. The van der Waals surface area contributed by atoms with Crippen LogP contribution in [-0.4, -0.2) is 23.0 Å². The van der Waals surface area contributed by atoms with E-state index in [4.69, 9.17) is 16.3 Å². The van der Waals surface area contributed by atoms with Crippen LogP contribution >= 0.6 is 22.9 Å². The summed E-state index contributed by atoms with van der Waals surface area (Å²) < 4.78 is 5.62. The van der Waals surface area contributed by atoms with Crippen molar-refractivity contribution in [2.24, 2.45) is 0 Å². The van der Waals surface area contributed by atoms with Gasteiger partial charge in [0.15, 0.2) is 0 Å². The Labute approximate surface area is 118 Å². The van der Waals surface area contributed by atoms with E-state index in [9.17, 15) is 4.79 Å². The quantitative estimate of drug-likeness (QED) is 0.508. The molecule has 0 saturated heterocycles. The zero-order valence-corrected chi connectivity index (χ0v) is 11.8. The van der Waals surface area contributed by atoms with E-state index < -0.39 is 0 Å². The van der Waals surface area contributed by atoms with Gasteiger partial charge in [-0.1, -0.05) is 23.7 Å². The third-order valence-corrected chi connectivity index (χ3v) is 4.24. The van der Waals surface area contributed by atoms with E-state index in [1.54, 1.807) is 19.1 Å². The summed E-state index contributed by atoms with van der Waals surface area (Å²) in [5.74, 6) is 0.252. The normalized spacial score (nSPS) is 11.1. The number of esters is 1. The molecule has 0 aliphatic carbocycles. The predicted octanol–water partition coefficient (Wildman–Crippen LogP) is 3.59. The predicted molar refractivity (Wildman–Crippen MR) is 76.0 cm³/mol. The van der Waals surface area contributed by atoms with Crippen LogP contribution in [-0.2, 0) is 4.74 Å². The number of methoxy groups -OCH3 is 1. The summed E-state index contributed by atoms with van der Waals surface area (Å²) in [4.78, 5) is 21.1. The first-order valence-corrected chi connectivity index (χ1v) is 6.75. The SMILES string of the molecule is COC(=O)c1cccc2c1sc1nc(C)nc(Cl)c12. The van der Waals surface area contributed by atoms with Crippen molar-refractivity contribution in [1.29, 1.82) is 0 Å². The highest BCUT2D eigenvalue weighted by Crippen LogP contribution is 2.37. The molecular formula is C13H9ClN2O2S. The van der Waals surface area contributed by atoms with Crippen molar-refractivity contribution in [3.8, 4) is 0 Å². The van der Waals surface area contributed by atoms with E-state index in [-0.39, 0.29) is 5.97 Å². The summed E-state index contributed by atoms with van der Waals surface area (Å²) in [6.45, 7) is 1.79. The number of ether oxygens (including phenoxy) is 1. The van der Waals surface area contributed by atoms with Crippen LogP contribution < -0.4 is 0 Å². The van der Waals surface area contributed by atoms with E-state index in [2.05, 4.69) is 9.97 Å². The molecule has 6 heteroatoms. The fourth-order valence-electron chi connectivity index (χ4n) is 2.03. The van der Waals surface area contributed by atoms with E-state index in [1.807, 2.05) is 6.07 Å². The number of hydrogen-bond donors (Lipinski definition) is 0. The number of carbonyl (C=O) groups is 1. The Balaban J connectivity index is 2.47. The Morgan fingerprint density at radius 1 is 1.37 bits per heavy atom. The van der Waals surface area contributed by atoms with Crippen LogP contribution in [0, 0.1) is 6.92 Å². The van der Waals surface area contributed by atoms with Gasteiger partial charge < -0.3 is 4.74 Å². The Hall–Kier alpha value is -1.72. The number of carbonyl (C=O) groups excluding carboxylic acids is 1. The number of benzene rings is 1. The molecule has 2 heterocycles. The first kappa shape index (κ1) is 12.3. The lowest BCUT2D eigenvalue weighted by molar-refractivity contribution is 0.0603. The van der Waals surface area contributed by atoms with Crippen LogP contribution in [0.3, 0.4) is 0 Å². The van der Waals surface area contributed by atoms with Gasteiger partial charge in [0.1, 0.15) is 15.8 Å². The molecule has 19 heavy (non-hydrogen) atoms. The molecule has 0 unspecified atom stereocenters. The van der Waals surface area contributed by atoms with Crippen LogP contribution in [0.2, 0.25) is 5.15 Å². The van der Waals surface area contributed by atoms with E-state index in [0.717, 1.165) is 20.3 Å². The molecule has 3 rings (SSSR count). The molecule has 96 valence electrons. The van der Waals surface area contributed by atoms with Gasteiger partial charge in [0, 0.05) is 5.39 Å². The number of nitrogens with zero attached hydrogens (tertiary/aromatic N) is 2. The van der Waals surface area contributed by atoms with Crippen LogP contribution in [0.1, 0.15) is 16.2 Å². The van der Waals surface area contributed by atoms with Gasteiger partial charge >= 0.3 is 5.97 Å². The molecule has 0 N–H and O–H groups in total. The van der Waals surface area contributed by atoms with Gasteiger partial charge in [-0.3, -0.25) is 0 Å². The summed E-state index contributed by atoms with van der Waals surface area (Å²) in [7, 11) is 1.37. The van der Waals surface area contributed by atoms with Crippen molar-refractivity contribution in [2.75, 3.05) is 7.11 Å². The molecule has 2 aromatic heterocycles. The highest BCUT2D eigenvalue weighted by Gasteiger charge is 2.17. The fourth-order valence-corrected chi connectivity index (χ4v) is 3.62. The summed E-state index contributed by atoms with van der Waals surface area (Å²) in [5, 5.41) is 2.08. The Morgan fingerprint density at radius 3 is 2.89 bits per heavy atom. The van der Waals surface area contributed by atoms with Gasteiger partial charge in [-0.25, -0.2) is 14.8 Å². The molecule has 0 aliphatic heterocycles. The molecule has 1 aromatic carbocycles. The number of rotatable bonds is 1. The molecule has 0 radical (unpaired) electrons. The number of hydrogen-bond acceptors (Lipinski definition) is 5. The maximum atomic E-state index is 11.8. The first-order valence-electron chi connectivity index (χ1n) is 5.55. The first-order chi connectivity index (χ1) is 9.11. The topological polar surface area (TPSA) is 52.1 Å². The summed E-state index contributed by atoms with van der Waals surface area (Å²) >= 11 is 7.61. The van der Waals surface area contributed by atoms with Crippen molar-refractivity contribution in [2.45, 2.75) is 6.92 Å². The average Bonchev–Trinajstić information content (AvgIpc) is 2.75. The monoisotopic (exact) mass is 292 g/mol. The maximum Gasteiger partial charge on any atom is 0.339 e. The van der Waals surface area contributed by atoms with Crippen LogP contribution in [0.5, 0.6) is 0 Å². The zero-order chi connectivity index (χ0) is 13.6. The Kier molecular flexibility index (Phi) is 2.88. The summed E-state index contributed by atoms with van der Waals surface area (Å²) in [6.07, 6.45) is 0. The van der Waals surface area contributed by atoms with Crippen LogP contribution in [0.4, 0.5) is 0 Å². The smallest absolute Gasteiger partial charge is 0.339 e. The van der Waals surface area contributed by atoms with E-state index in [1.165, 1.54) is 18.4 Å². The summed E-state index contributed by atoms with van der Waals surface area (Å²) in [5.41, 5.74) is 0.525. The van der Waals surface area contributed by atoms with E-state index >= 15 is 0 Å². The Morgan fingerprint density at radius 2 is 2.16 bits per heavy atom. The van der Waals surface area contributed by atoms with Gasteiger partial charge in [-0.05, 0) is 13.0 Å². The van der Waals surface area contributed by atoms with Gasteiger partial charge in [-0.2, -0.15) is 0 Å². The maximum absolute atomic E-state index is 11.8. The van der Waals surface area contributed by atoms with E-state index in [0.29, 0.717) is 16.5 Å². The van der Waals surface area contributed by atoms with Crippen molar-refractivity contribution in [3.05, 3.63) is 34.7 Å². The number of thiophene rings is 1. The van der Waals surface area contributed by atoms with Crippen LogP contribution in [0.15, 0.2) is 18.2 Å². The van der Waals surface area contributed by atoms with Crippen molar-refractivity contribution >= 4 is 49.2 Å². The third kappa shape index (κ3) is 1.86. The minimum Gasteiger partial charge on any atom is -0.465 e. The molecule has 0 fully saturated rings. The van der Waals surface area contributed by atoms with Crippen molar-refractivity contribution in [1.82, 2.24) is 9.97 Å². The average molecular weight is 293 g/mol. The second-order valence-electron chi connectivity index (χ2n) is 4.02. The molecule has 0 aliphatic rings. The molecule has 0 spiro atoms. The minimum absolute atomic E-state index is 0.363.